The van der Waals surface area contributed by atoms with Crippen molar-refractivity contribution in [3.05, 3.63) is 89.0 Å². The Kier molecular flexibility index (Phi) is 4.32. The maximum Gasteiger partial charge on any atom is 0.0991 e. The predicted molar refractivity (Wildman–Crippen MR) is 97.0 cm³/mol. The van der Waals surface area contributed by atoms with Crippen molar-refractivity contribution < 1.29 is 0 Å². The van der Waals surface area contributed by atoms with Gasteiger partial charge in [-0.2, -0.15) is 5.26 Å². The van der Waals surface area contributed by atoms with E-state index in [0.717, 1.165) is 37.2 Å². The standard InChI is InChI=1S/C21H20N4/c22-14-17-7-4-8-18(13-17)21-20-19(23-15-24-20)10-12-25(21)11-9-16-5-2-1-3-6-16/h1-8,13,15,21H,9-12H2,(H,23,24). The number of hydrogen-bond acceptors (Lipinski definition) is 3. The van der Waals surface area contributed by atoms with E-state index in [9.17, 15) is 5.26 Å². The molecule has 1 aliphatic rings. The van der Waals surface area contributed by atoms with Crippen molar-refractivity contribution >= 4 is 0 Å². The molecule has 4 rings (SSSR count). The van der Waals surface area contributed by atoms with Gasteiger partial charge < -0.3 is 4.98 Å². The van der Waals surface area contributed by atoms with Gasteiger partial charge in [-0.25, -0.2) is 4.98 Å². The summed E-state index contributed by atoms with van der Waals surface area (Å²) in [6.07, 6.45) is 3.78. The molecule has 124 valence electrons. The summed E-state index contributed by atoms with van der Waals surface area (Å²) in [4.78, 5) is 10.4. The summed E-state index contributed by atoms with van der Waals surface area (Å²) in [6, 6.07) is 20.8. The lowest BCUT2D eigenvalue weighted by Gasteiger charge is -2.35. The molecule has 1 aromatic heterocycles. The maximum atomic E-state index is 9.25. The number of imidazole rings is 1. The molecule has 1 unspecified atom stereocenters. The average Bonchev–Trinajstić information content (AvgIpc) is 3.15. The van der Waals surface area contributed by atoms with Gasteiger partial charge in [0.1, 0.15) is 0 Å². The van der Waals surface area contributed by atoms with Crippen LogP contribution in [0.2, 0.25) is 0 Å². The highest BCUT2D eigenvalue weighted by Crippen LogP contribution is 2.33. The second-order valence-electron chi connectivity index (χ2n) is 6.43. The second kappa shape index (κ2) is 6.92. The van der Waals surface area contributed by atoms with Crippen LogP contribution in [-0.2, 0) is 12.8 Å². The van der Waals surface area contributed by atoms with Crippen molar-refractivity contribution in [1.29, 1.82) is 5.26 Å². The molecule has 0 spiro atoms. The molecule has 0 saturated carbocycles. The molecular weight excluding hydrogens is 308 g/mol. The molecule has 25 heavy (non-hydrogen) atoms. The van der Waals surface area contributed by atoms with Gasteiger partial charge in [0.05, 0.1) is 29.7 Å². The molecule has 1 aliphatic heterocycles. The minimum absolute atomic E-state index is 0.104. The van der Waals surface area contributed by atoms with Crippen molar-refractivity contribution in [2.45, 2.75) is 18.9 Å². The molecule has 0 radical (unpaired) electrons. The van der Waals surface area contributed by atoms with Gasteiger partial charge in [-0.1, -0.05) is 42.5 Å². The van der Waals surface area contributed by atoms with Crippen LogP contribution in [-0.4, -0.2) is 28.0 Å². The van der Waals surface area contributed by atoms with Crippen LogP contribution in [0.15, 0.2) is 60.9 Å². The van der Waals surface area contributed by atoms with Crippen LogP contribution in [0.4, 0.5) is 0 Å². The molecule has 0 amide bonds. The van der Waals surface area contributed by atoms with Crippen LogP contribution in [0.5, 0.6) is 0 Å². The van der Waals surface area contributed by atoms with Gasteiger partial charge in [0.25, 0.3) is 0 Å². The maximum absolute atomic E-state index is 9.25. The van der Waals surface area contributed by atoms with Crippen molar-refractivity contribution in [3.8, 4) is 6.07 Å². The van der Waals surface area contributed by atoms with Gasteiger partial charge in [0.2, 0.25) is 0 Å². The lowest BCUT2D eigenvalue weighted by atomic mass is 9.94. The summed E-state index contributed by atoms with van der Waals surface area (Å²) in [7, 11) is 0. The van der Waals surface area contributed by atoms with E-state index >= 15 is 0 Å². The Labute approximate surface area is 147 Å². The third kappa shape index (κ3) is 3.19. The van der Waals surface area contributed by atoms with E-state index in [-0.39, 0.29) is 6.04 Å². The van der Waals surface area contributed by atoms with Crippen molar-refractivity contribution in [2.24, 2.45) is 0 Å². The number of fused-ring (bicyclic) bond motifs is 1. The lowest BCUT2D eigenvalue weighted by Crippen LogP contribution is -2.37. The van der Waals surface area contributed by atoms with Crippen LogP contribution >= 0.6 is 0 Å². The first-order chi connectivity index (χ1) is 12.3. The quantitative estimate of drug-likeness (QED) is 0.798. The van der Waals surface area contributed by atoms with E-state index in [1.54, 1.807) is 6.33 Å². The SMILES string of the molecule is N#Cc1cccc(C2c3nc[nH]c3CCN2CCc2ccccc2)c1. The number of aromatic amines is 1. The predicted octanol–water partition coefficient (Wildman–Crippen LogP) is 3.47. The Morgan fingerprint density at radius 2 is 2.04 bits per heavy atom. The number of H-pyrrole nitrogens is 1. The number of nitrogens with one attached hydrogen (secondary N) is 1. The first kappa shape index (κ1) is 15.6. The molecule has 4 nitrogen and oxygen atoms in total. The molecule has 3 aromatic rings. The minimum atomic E-state index is 0.104. The summed E-state index contributed by atoms with van der Waals surface area (Å²) in [5.41, 5.74) is 5.49. The first-order valence-electron chi connectivity index (χ1n) is 8.65. The van der Waals surface area contributed by atoms with Gasteiger partial charge in [-0.15, -0.1) is 0 Å². The van der Waals surface area contributed by atoms with Gasteiger partial charge in [-0.3, -0.25) is 4.90 Å². The molecule has 1 atom stereocenters. The third-order valence-corrected chi connectivity index (χ3v) is 4.89. The first-order valence-corrected chi connectivity index (χ1v) is 8.65. The lowest BCUT2D eigenvalue weighted by molar-refractivity contribution is 0.211. The van der Waals surface area contributed by atoms with Crippen LogP contribution < -0.4 is 0 Å². The topological polar surface area (TPSA) is 55.7 Å². The molecule has 2 aromatic carbocycles. The molecule has 0 fully saturated rings. The number of nitrogens with zero attached hydrogens (tertiary/aromatic N) is 3. The summed E-state index contributed by atoms with van der Waals surface area (Å²) in [6.45, 7) is 1.96. The van der Waals surface area contributed by atoms with Gasteiger partial charge >= 0.3 is 0 Å². The molecule has 2 heterocycles. The van der Waals surface area contributed by atoms with E-state index in [2.05, 4.69) is 57.3 Å². The third-order valence-electron chi connectivity index (χ3n) is 4.89. The Balaban J connectivity index is 1.64. The fourth-order valence-corrected chi connectivity index (χ4v) is 3.63. The molecular formula is C21H20N4. The summed E-state index contributed by atoms with van der Waals surface area (Å²) < 4.78 is 0. The van der Waals surface area contributed by atoms with Crippen LogP contribution in [0.1, 0.15) is 34.1 Å². The minimum Gasteiger partial charge on any atom is -0.348 e. The second-order valence-corrected chi connectivity index (χ2v) is 6.43. The Hall–Kier alpha value is -2.90. The zero-order valence-electron chi connectivity index (χ0n) is 14.0. The molecule has 4 heteroatoms. The molecule has 0 saturated heterocycles. The number of rotatable bonds is 4. The van der Waals surface area contributed by atoms with Crippen LogP contribution in [0.25, 0.3) is 0 Å². The largest absolute Gasteiger partial charge is 0.348 e. The number of nitriles is 1. The van der Waals surface area contributed by atoms with Gasteiger partial charge in [0.15, 0.2) is 0 Å². The summed E-state index contributed by atoms with van der Waals surface area (Å²) in [5.74, 6) is 0. The van der Waals surface area contributed by atoms with Crippen LogP contribution in [0.3, 0.4) is 0 Å². The summed E-state index contributed by atoms with van der Waals surface area (Å²) >= 11 is 0. The zero-order valence-corrected chi connectivity index (χ0v) is 14.0. The van der Waals surface area contributed by atoms with Gasteiger partial charge in [0, 0.05) is 25.2 Å². The molecule has 0 aliphatic carbocycles. The van der Waals surface area contributed by atoms with E-state index in [4.69, 9.17) is 0 Å². The monoisotopic (exact) mass is 328 g/mol. The fourth-order valence-electron chi connectivity index (χ4n) is 3.63. The molecule has 1 N–H and O–H groups in total. The Morgan fingerprint density at radius 3 is 2.88 bits per heavy atom. The normalized spacial score (nSPS) is 17.0. The number of benzene rings is 2. The van der Waals surface area contributed by atoms with Crippen molar-refractivity contribution in [3.63, 3.8) is 0 Å². The zero-order chi connectivity index (χ0) is 17.1. The number of hydrogen-bond donors (Lipinski definition) is 1. The van der Waals surface area contributed by atoms with Crippen molar-refractivity contribution in [1.82, 2.24) is 14.9 Å². The highest BCUT2D eigenvalue weighted by Gasteiger charge is 2.30. The van der Waals surface area contributed by atoms with E-state index in [0.29, 0.717) is 5.56 Å². The Bertz CT molecular complexity index is 892. The summed E-state index contributed by atoms with van der Waals surface area (Å²) in [5, 5.41) is 9.25. The average molecular weight is 328 g/mol. The number of aromatic nitrogens is 2. The van der Waals surface area contributed by atoms with Crippen LogP contribution in [0, 0.1) is 11.3 Å². The smallest absolute Gasteiger partial charge is 0.0991 e. The van der Waals surface area contributed by atoms with E-state index in [1.165, 1.54) is 11.3 Å². The highest BCUT2D eigenvalue weighted by molar-refractivity contribution is 5.39. The Morgan fingerprint density at radius 1 is 1.16 bits per heavy atom. The van der Waals surface area contributed by atoms with Crippen molar-refractivity contribution in [2.75, 3.05) is 13.1 Å². The fraction of sp³-hybridized carbons (Fsp3) is 0.238. The van der Waals surface area contributed by atoms with E-state index in [1.807, 2.05) is 18.2 Å². The van der Waals surface area contributed by atoms with Gasteiger partial charge in [-0.05, 0) is 29.7 Å². The molecule has 0 bridgehead atoms. The highest BCUT2D eigenvalue weighted by atomic mass is 15.2. The van der Waals surface area contributed by atoms with E-state index < -0.39 is 0 Å².